The van der Waals surface area contributed by atoms with Crippen molar-refractivity contribution in [1.29, 1.82) is 0 Å². The molecule has 2 amide bonds. The van der Waals surface area contributed by atoms with Crippen LogP contribution in [-0.4, -0.2) is 34.8 Å². The van der Waals surface area contributed by atoms with Crippen LogP contribution in [0.3, 0.4) is 0 Å². The van der Waals surface area contributed by atoms with Crippen LogP contribution in [0.1, 0.15) is 28.3 Å². The van der Waals surface area contributed by atoms with E-state index in [1.165, 1.54) is 5.56 Å². The molecule has 0 atom stereocenters. The molecule has 6 heteroatoms. The molecule has 0 spiro atoms. The summed E-state index contributed by atoms with van der Waals surface area (Å²) in [7, 11) is 0. The van der Waals surface area contributed by atoms with Gasteiger partial charge in [-0.15, -0.1) is 11.3 Å². The van der Waals surface area contributed by atoms with Crippen molar-refractivity contribution in [3.05, 3.63) is 39.7 Å². The van der Waals surface area contributed by atoms with Gasteiger partial charge in [0.15, 0.2) is 0 Å². The summed E-state index contributed by atoms with van der Waals surface area (Å²) in [5, 5.41) is 0.964. The number of primary amides is 1. The molecule has 0 saturated carbocycles. The highest BCUT2D eigenvalue weighted by atomic mass is 32.1. The Labute approximate surface area is 151 Å². The predicted molar refractivity (Wildman–Crippen MR) is 99.2 cm³/mol. The van der Waals surface area contributed by atoms with Gasteiger partial charge in [0.2, 0.25) is 11.8 Å². The fourth-order valence-electron chi connectivity index (χ4n) is 3.19. The molecule has 0 aliphatic carbocycles. The lowest BCUT2D eigenvalue weighted by atomic mass is 9.96. The maximum atomic E-state index is 12.7. The van der Waals surface area contributed by atoms with Gasteiger partial charge in [-0.05, 0) is 26.7 Å². The Morgan fingerprint density at radius 3 is 2.44 bits per heavy atom. The van der Waals surface area contributed by atoms with Gasteiger partial charge in [0.25, 0.3) is 0 Å². The summed E-state index contributed by atoms with van der Waals surface area (Å²) >= 11 is 1.58. The number of likely N-dealkylation sites (tertiary alicyclic amines) is 1. The second-order valence-corrected chi connectivity index (χ2v) is 7.89. The first-order valence-electron chi connectivity index (χ1n) is 8.54. The average Bonchev–Trinajstić information content (AvgIpc) is 2.96. The van der Waals surface area contributed by atoms with E-state index >= 15 is 0 Å². The lowest BCUT2D eigenvalue weighted by molar-refractivity contribution is -0.134. The molecule has 1 aromatic heterocycles. The summed E-state index contributed by atoms with van der Waals surface area (Å²) in [5.41, 5.74) is 8.51. The number of hydrogen-bond acceptors (Lipinski definition) is 4. The van der Waals surface area contributed by atoms with E-state index in [2.05, 4.69) is 36.2 Å². The van der Waals surface area contributed by atoms with Crippen molar-refractivity contribution in [2.45, 2.75) is 33.1 Å². The molecular formula is C19H23N3O2S. The number of aryl methyl sites for hydroxylation is 2. The van der Waals surface area contributed by atoms with Crippen molar-refractivity contribution in [3.8, 4) is 11.3 Å². The lowest BCUT2D eigenvalue weighted by Crippen LogP contribution is -2.42. The molecular weight excluding hydrogens is 334 g/mol. The zero-order valence-corrected chi connectivity index (χ0v) is 15.4. The molecule has 1 saturated heterocycles. The van der Waals surface area contributed by atoms with Gasteiger partial charge in [0.05, 0.1) is 17.1 Å². The van der Waals surface area contributed by atoms with Crippen LogP contribution in [0.15, 0.2) is 24.3 Å². The molecule has 0 unspecified atom stereocenters. The van der Waals surface area contributed by atoms with Crippen molar-refractivity contribution in [3.63, 3.8) is 0 Å². The number of rotatable bonds is 4. The van der Waals surface area contributed by atoms with Crippen LogP contribution in [0.5, 0.6) is 0 Å². The van der Waals surface area contributed by atoms with Crippen LogP contribution < -0.4 is 5.73 Å². The molecule has 2 aromatic rings. The Hall–Kier alpha value is -2.21. The summed E-state index contributed by atoms with van der Waals surface area (Å²) in [4.78, 5) is 31.4. The van der Waals surface area contributed by atoms with Crippen LogP contribution in [0.4, 0.5) is 0 Å². The zero-order valence-electron chi connectivity index (χ0n) is 14.6. The normalized spacial score (nSPS) is 15.4. The molecule has 2 N–H and O–H groups in total. The van der Waals surface area contributed by atoms with E-state index in [9.17, 15) is 9.59 Å². The Morgan fingerprint density at radius 2 is 1.84 bits per heavy atom. The maximum absolute atomic E-state index is 12.7. The second kappa shape index (κ2) is 7.35. The monoisotopic (exact) mass is 357 g/mol. The number of nitrogens with two attached hydrogens (primary N) is 1. The molecule has 2 heterocycles. The van der Waals surface area contributed by atoms with Gasteiger partial charge in [-0.1, -0.05) is 29.8 Å². The highest BCUT2D eigenvalue weighted by molar-refractivity contribution is 7.12. The first-order valence-corrected chi connectivity index (χ1v) is 9.36. The van der Waals surface area contributed by atoms with Crippen LogP contribution >= 0.6 is 11.3 Å². The highest BCUT2D eigenvalue weighted by Crippen LogP contribution is 2.29. The van der Waals surface area contributed by atoms with Crippen LogP contribution in [0.25, 0.3) is 11.3 Å². The van der Waals surface area contributed by atoms with Gasteiger partial charge in [0.1, 0.15) is 0 Å². The second-order valence-electron chi connectivity index (χ2n) is 6.60. The van der Waals surface area contributed by atoms with Crippen LogP contribution in [0.2, 0.25) is 0 Å². The minimum absolute atomic E-state index is 0.0972. The SMILES string of the molecule is Cc1ccc(-c2nc(C)sc2CC(=O)N2CCC(C(N)=O)CC2)cc1. The first kappa shape index (κ1) is 17.6. The third kappa shape index (κ3) is 4.07. The van der Waals surface area contributed by atoms with E-state index in [0.717, 1.165) is 21.1 Å². The fraction of sp³-hybridized carbons (Fsp3) is 0.421. The predicted octanol–water partition coefficient (Wildman–Crippen LogP) is 2.69. The number of thiazole rings is 1. The van der Waals surface area contributed by atoms with E-state index in [-0.39, 0.29) is 17.7 Å². The maximum Gasteiger partial charge on any atom is 0.227 e. The summed E-state index contributed by atoms with van der Waals surface area (Å²) in [6.07, 6.45) is 1.68. The number of nitrogens with zero attached hydrogens (tertiary/aromatic N) is 2. The first-order chi connectivity index (χ1) is 11.9. The van der Waals surface area contributed by atoms with E-state index < -0.39 is 0 Å². The zero-order chi connectivity index (χ0) is 18.0. The smallest absolute Gasteiger partial charge is 0.227 e. The molecule has 0 radical (unpaired) electrons. The fourth-order valence-corrected chi connectivity index (χ4v) is 4.14. The van der Waals surface area contributed by atoms with Crippen LogP contribution in [0, 0.1) is 19.8 Å². The van der Waals surface area contributed by atoms with Crippen molar-refractivity contribution >= 4 is 23.2 Å². The van der Waals surface area contributed by atoms with Crippen molar-refractivity contribution in [2.24, 2.45) is 11.7 Å². The molecule has 1 aromatic carbocycles. The quantitative estimate of drug-likeness (QED) is 0.914. The Bertz CT molecular complexity index is 774. The number of amides is 2. The van der Waals surface area contributed by atoms with Gasteiger partial charge in [0, 0.05) is 29.4 Å². The van der Waals surface area contributed by atoms with Gasteiger partial charge >= 0.3 is 0 Å². The summed E-state index contributed by atoms with van der Waals surface area (Å²) in [6, 6.07) is 8.22. The van der Waals surface area contributed by atoms with Gasteiger partial charge in [-0.3, -0.25) is 9.59 Å². The molecule has 132 valence electrons. The summed E-state index contributed by atoms with van der Waals surface area (Å²) in [6.45, 7) is 5.22. The Balaban J connectivity index is 1.72. The minimum atomic E-state index is -0.258. The number of piperidine rings is 1. The third-order valence-electron chi connectivity index (χ3n) is 4.69. The van der Waals surface area contributed by atoms with Gasteiger partial charge in [-0.2, -0.15) is 0 Å². The van der Waals surface area contributed by atoms with Crippen molar-refractivity contribution in [1.82, 2.24) is 9.88 Å². The molecule has 0 bridgehead atoms. The highest BCUT2D eigenvalue weighted by Gasteiger charge is 2.26. The van der Waals surface area contributed by atoms with E-state index in [0.29, 0.717) is 32.4 Å². The Kier molecular flexibility index (Phi) is 5.18. The summed E-state index contributed by atoms with van der Waals surface area (Å²) < 4.78 is 0. The average molecular weight is 357 g/mol. The molecule has 25 heavy (non-hydrogen) atoms. The molecule has 5 nitrogen and oxygen atoms in total. The summed E-state index contributed by atoms with van der Waals surface area (Å²) in [5.74, 6) is -0.260. The number of aromatic nitrogens is 1. The minimum Gasteiger partial charge on any atom is -0.369 e. The Morgan fingerprint density at radius 1 is 1.20 bits per heavy atom. The molecule has 1 aliphatic rings. The van der Waals surface area contributed by atoms with E-state index in [1.54, 1.807) is 11.3 Å². The van der Waals surface area contributed by atoms with E-state index in [4.69, 9.17) is 5.73 Å². The van der Waals surface area contributed by atoms with Gasteiger partial charge < -0.3 is 10.6 Å². The number of hydrogen-bond donors (Lipinski definition) is 1. The molecule has 1 fully saturated rings. The number of carbonyl (C=O) groups is 2. The number of benzene rings is 1. The van der Waals surface area contributed by atoms with Crippen LogP contribution in [-0.2, 0) is 16.0 Å². The topological polar surface area (TPSA) is 76.3 Å². The van der Waals surface area contributed by atoms with E-state index in [1.807, 2.05) is 11.8 Å². The van der Waals surface area contributed by atoms with Gasteiger partial charge in [-0.25, -0.2) is 4.98 Å². The molecule has 1 aliphatic heterocycles. The lowest BCUT2D eigenvalue weighted by Gasteiger charge is -2.30. The molecule has 3 rings (SSSR count). The number of carbonyl (C=O) groups excluding carboxylic acids is 2. The third-order valence-corrected chi connectivity index (χ3v) is 5.66. The van der Waals surface area contributed by atoms with Crippen molar-refractivity contribution in [2.75, 3.05) is 13.1 Å². The largest absolute Gasteiger partial charge is 0.369 e. The standard InChI is InChI=1S/C19H23N3O2S/c1-12-3-5-14(6-4-12)18-16(25-13(2)21-18)11-17(23)22-9-7-15(8-10-22)19(20)24/h3-6,15H,7-11H2,1-2H3,(H2,20,24). The van der Waals surface area contributed by atoms with Crippen molar-refractivity contribution < 1.29 is 9.59 Å².